The first kappa shape index (κ1) is 18.2. The zero-order valence-corrected chi connectivity index (χ0v) is 12.9. The number of nitrogens with zero attached hydrogens (tertiary/aromatic N) is 1. The zero-order valence-electron chi connectivity index (χ0n) is 11.2. The van der Waals surface area contributed by atoms with Crippen LogP contribution in [0.1, 0.15) is 17.5 Å². The van der Waals surface area contributed by atoms with Gasteiger partial charge in [-0.2, -0.15) is 17.5 Å². The van der Waals surface area contributed by atoms with Crippen LogP contribution in [0.4, 0.5) is 13.2 Å². The van der Waals surface area contributed by atoms with Crippen LogP contribution >= 0.6 is 12.4 Å². The maximum atomic E-state index is 12.7. The Morgan fingerprint density at radius 2 is 1.95 bits per heavy atom. The van der Waals surface area contributed by atoms with E-state index in [1.54, 1.807) is 0 Å². The molecule has 1 aliphatic rings. The monoisotopic (exact) mass is 344 g/mol. The van der Waals surface area contributed by atoms with Gasteiger partial charge in [-0.1, -0.05) is 6.07 Å². The van der Waals surface area contributed by atoms with Crippen molar-refractivity contribution in [3.8, 4) is 0 Å². The fourth-order valence-corrected chi connectivity index (χ4v) is 3.93. The minimum atomic E-state index is -4.57. The maximum Gasteiger partial charge on any atom is 0.416 e. The molecule has 1 aromatic carbocycles. The largest absolute Gasteiger partial charge is 0.416 e. The summed E-state index contributed by atoms with van der Waals surface area (Å²) >= 11 is 0. The summed E-state index contributed by atoms with van der Waals surface area (Å²) in [6.07, 6.45) is -4.06. The number of sulfonamides is 1. The van der Waals surface area contributed by atoms with Crippen molar-refractivity contribution in [3.63, 3.8) is 0 Å². The van der Waals surface area contributed by atoms with E-state index in [0.29, 0.717) is 18.1 Å². The van der Waals surface area contributed by atoms with Gasteiger partial charge < -0.3 is 5.73 Å². The van der Waals surface area contributed by atoms with Gasteiger partial charge in [0.05, 0.1) is 10.5 Å². The molecule has 2 N–H and O–H groups in total. The third-order valence-corrected chi connectivity index (χ3v) is 5.33. The molecule has 0 radical (unpaired) electrons. The van der Waals surface area contributed by atoms with Crippen LogP contribution < -0.4 is 5.73 Å². The Kier molecular flexibility index (Phi) is 5.31. The number of aryl methyl sites for hydroxylation is 1. The molecule has 0 amide bonds. The number of benzene rings is 1. The number of nitrogens with two attached hydrogens (primary N) is 1. The molecule has 9 heteroatoms. The van der Waals surface area contributed by atoms with Crippen molar-refractivity contribution in [3.05, 3.63) is 29.3 Å². The minimum absolute atomic E-state index is 0. The highest BCUT2D eigenvalue weighted by Gasteiger charge is 2.35. The van der Waals surface area contributed by atoms with Crippen LogP contribution in [0.2, 0.25) is 0 Å². The van der Waals surface area contributed by atoms with Crippen LogP contribution in [0.5, 0.6) is 0 Å². The van der Waals surface area contributed by atoms with E-state index in [4.69, 9.17) is 5.73 Å². The molecule has 1 heterocycles. The quantitative estimate of drug-likeness (QED) is 0.894. The summed E-state index contributed by atoms with van der Waals surface area (Å²) < 4.78 is 64.0. The first-order valence-electron chi connectivity index (χ1n) is 6.06. The molecule has 0 aliphatic carbocycles. The van der Waals surface area contributed by atoms with Gasteiger partial charge in [0.15, 0.2) is 0 Å². The maximum absolute atomic E-state index is 12.7. The van der Waals surface area contributed by atoms with Gasteiger partial charge in [0.25, 0.3) is 0 Å². The molecule has 1 fully saturated rings. The lowest BCUT2D eigenvalue weighted by atomic mass is 10.1. The highest BCUT2D eigenvalue weighted by molar-refractivity contribution is 7.89. The van der Waals surface area contributed by atoms with Crippen molar-refractivity contribution in [2.45, 2.75) is 30.5 Å². The van der Waals surface area contributed by atoms with E-state index in [0.717, 1.165) is 10.4 Å². The second-order valence-electron chi connectivity index (χ2n) is 4.89. The second kappa shape index (κ2) is 6.12. The molecule has 0 spiro atoms. The second-order valence-corrected chi connectivity index (χ2v) is 6.80. The molecule has 1 aromatic rings. The Labute approximate surface area is 127 Å². The fourth-order valence-electron chi connectivity index (χ4n) is 2.17. The average Bonchev–Trinajstić information content (AvgIpc) is 2.75. The third-order valence-electron chi connectivity index (χ3n) is 3.32. The molecule has 1 saturated heterocycles. The van der Waals surface area contributed by atoms with Crippen LogP contribution in [0.3, 0.4) is 0 Å². The van der Waals surface area contributed by atoms with E-state index in [9.17, 15) is 21.6 Å². The number of hydrogen-bond donors (Lipinski definition) is 1. The van der Waals surface area contributed by atoms with Gasteiger partial charge in [0.1, 0.15) is 0 Å². The van der Waals surface area contributed by atoms with Crippen molar-refractivity contribution < 1.29 is 21.6 Å². The highest BCUT2D eigenvalue weighted by atomic mass is 35.5. The Hall–Kier alpha value is -0.830. The van der Waals surface area contributed by atoms with E-state index in [-0.39, 0.29) is 36.4 Å². The van der Waals surface area contributed by atoms with Gasteiger partial charge in [-0.25, -0.2) is 8.42 Å². The number of halogens is 4. The predicted molar refractivity (Wildman–Crippen MR) is 74.8 cm³/mol. The molecule has 0 saturated carbocycles. The summed E-state index contributed by atoms with van der Waals surface area (Å²) in [5.41, 5.74) is 4.97. The van der Waals surface area contributed by atoms with Gasteiger partial charge in [-0.3, -0.25) is 0 Å². The molecule has 4 nitrogen and oxygen atoms in total. The summed E-state index contributed by atoms with van der Waals surface area (Å²) in [4.78, 5) is -0.304. The lowest BCUT2D eigenvalue weighted by molar-refractivity contribution is -0.137. The van der Waals surface area contributed by atoms with Gasteiger partial charge in [-0.15, -0.1) is 12.4 Å². The van der Waals surface area contributed by atoms with E-state index in [2.05, 4.69) is 0 Å². The van der Waals surface area contributed by atoms with Gasteiger partial charge in [-0.05, 0) is 31.0 Å². The molecular formula is C12H16ClF3N2O2S. The number of hydrogen-bond acceptors (Lipinski definition) is 3. The van der Waals surface area contributed by atoms with Crippen LogP contribution in [-0.2, 0) is 16.2 Å². The van der Waals surface area contributed by atoms with Crippen LogP contribution in [0.25, 0.3) is 0 Å². The first-order valence-corrected chi connectivity index (χ1v) is 7.50. The van der Waals surface area contributed by atoms with Crippen LogP contribution in [0, 0.1) is 6.92 Å². The normalized spacial score (nSPS) is 20.3. The van der Waals surface area contributed by atoms with E-state index in [1.807, 2.05) is 0 Å². The fraction of sp³-hybridized carbons (Fsp3) is 0.500. The number of alkyl halides is 3. The molecule has 1 atom stereocenters. The van der Waals surface area contributed by atoms with Gasteiger partial charge in [0, 0.05) is 19.1 Å². The first-order chi connectivity index (χ1) is 9.12. The Morgan fingerprint density at radius 3 is 2.43 bits per heavy atom. The van der Waals surface area contributed by atoms with Crippen molar-refractivity contribution >= 4 is 22.4 Å². The topological polar surface area (TPSA) is 63.4 Å². The Balaban J connectivity index is 0.00000220. The van der Waals surface area contributed by atoms with Gasteiger partial charge in [0.2, 0.25) is 10.0 Å². The van der Waals surface area contributed by atoms with E-state index < -0.39 is 21.8 Å². The molecule has 0 unspecified atom stereocenters. The number of rotatable bonds is 2. The third kappa shape index (κ3) is 3.68. The van der Waals surface area contributed by atoms with Crippen LogP contribution in [0.15, 0.2) is 23.1 Å². The summed E-state index contributed by atoms with van der Waals surface area (Å²) in [5.74, 6) is 0. The van der Waals surface area contributed by atoms with E-state index in [1.165, 1.54) is 13.0 Å². The van der Waals surface area contributed by atoms with Crippen LogP contribution in [-0.4, -0.2) is 31.9 Å². The molecule has 2 rings (SSSR count). The lowest BCUT2D eigenvalue weighted by Gasteiger charge is -2.18. The SMILES string of the molecule is Cc1ccc(C(F)(F)F)cc1S(=O)(=O)N1CC[C@@H](N)C1.Cl. The van der Waals surface area contributed by atoms with Crippen molar-refractivity contribution in [2.75, 3.05) is 13.1 Å². The minimum Gasteiger partial charge on any atom is -0.326 e. The van der Waals surface area contributed by atoms with Crippen molar-refractivity contribution in [1.82, 2.24) is 4.31 Å². The molecule has 120 valence electrons. The molecule has 21 heavy (non-hydrogen) atoms. The Bertz CT molecular complexity index is 619. The average molecular weight is 345 g/mol. The lowest BCUT2D eigenvalue weighted by Crippen LogP contribution is -2.32. The summed E-state index contributed by atoms with van der Waals surface area (Å²) in [5, 5.41) is 0. The highest BCUT2D eigenvalue weighted by Crippen LogP contribution is 2.33. The predicted octanol–water partition coefficient (Wildman–Crippen LogP) is 2.16. The molecule has 0 aromatic heterocycles. The molecular weight excluding hydrogens is 329 g/mol. The zero-order chi connectivity index (χ0) is 15.1. The smallest absolute Gasteiger partial charge is 0.326 e. The molecule has 1 aliphatic heterocycles. The summed E-state index contributed by atoms with van der Waals surface area (Å²) in [6.45, 7) is 1.85. The van der Waals surface area contributed by atoms with Crippen molar-refractivity contribution in [1.29, 1.82) is 0 Å². The molecule has 0 bridgehead atoms. The summed E-state index contributed by atoms with van der Waals surface area (Å²) in [6, 6.07) is 2.47. The van der Waals surface area contributed by atoms with Crippen molar-refractivity contribution in [2.24, 2.45) is 5.73 Å². The summed E-state index contributed by atoms with van der Waals surface area (Å²) in [7, 11) is -3.93. The van der Waals surface area contributed by atoms with Gasteiger partial charge >= 0.3 is 6.18 Å². The standard InChI is InChI=1S/C12H15F3N2O2S.ClH/c1-8-2-3-9(12(13,14)15)6-11(8)20(18,19)17-5-4-10(16)7-17;/h2-3,6,10H,4-5,7,16H2,1H3;1H/t10-;/m1./s1. The Morgan fingerprint density at radius 1 is 1.33 bits per heavy atom. The van der Waals surface area contributed by atoms with E-state index >= 15 is 0 Å².